The molecule has 0 bridgehead atoms. The van der Waals surface area contributed by atoms with Crippen molar-refractivity contribution in [3.8, 4) is 0 Å². The highest BCUT2D eigenvalue weighted by Crippen LogP contribution is 2.24. The molecular weight excluding hydrogens is 391 g/mol. The molecule has 3 aromatic rings. The Labute approximate surface area is 170 Å². The standard InChI is InChI=1S/C21H15FN4O4/c22-15-9-10-16(25-21(28)17-6-3-4-12-23-17)18(13-15)24-20(27)11-8-14-5-1-2-7-19(14)26(29)30/h1-13H,(H,24,27)(H,25,28). The lowest BCUT2D eigenvalue weighted by atomic mass is 10.1. The lowest BCUT2D eigenvalue weighted by molar-refractivity contribution is -0.385. The molecular formula is C21H15FN4O4. The van der Waals surface area contributed by atoms with Crippen molar-refractivity contribution in [2.45, 2.75) is 0 Å². The highest BCUT2D eigenvalue weighted by molar-refractivity contribution is 6.08. The summed E-state index contributed by atoms with van der Waals surface area (Å²) >= 11 is 0. The molecule has 1 heterocycles. The fourth-order valence-electron chi connectivity index (χ4n) is 2.55. The van der Waals surface area contributed by atoms with E-state index >= 15 is 0 Å². The van der Waals surface area contributed by atoms with Crippen LogP contribution in [-0.4, -0.2) is 21.7 Å². The zero-order chi connectivity index (χ0) is 21.5. The average Bonchev–Trinajstić information content (AvgIpc) is 2.75. The molecule has 150 valence electrons. The molecule has 0 atom stereocenters. The van der Waals surface area contributed by atoms with E-state index in [2.05, 4.69) is 15.6 Å². The first-order chi connectivity index (χ1) is 14.4. The second-order valence-corrected chi connectivity index (χ2v) is 6.00. The summed E-state index contributed by atoms with van der Waals surface area (Å²) in [4.78, 5) is 39.0. The zero-order valence-electron chi connectivity index (χ0n) is 15.4. The lowest BCUT2D eigenvalue weighted by Crippen LogP contribution is -2.16. The fourth-order valence-corrected chi connectivity index (χ4v) is 2.55. The SMILES string of the molecule is O=C(C=Cc1ccccc1[N+](=O)[O-])Nc1cc(F)ccc1NC(=O)c1ccccn1. The van der Waals surface area contributed by atoms with Crippen LogP contribution < -0.4 is 10.6 Å². The van der Waals surface area contributed by atoms with Crippen molar-refractivity contribution in [3.05, 3.63) is 100 Å². The van der Waals surface area contributed by atoms with Crippen LogP contribution in [0.2, 0.25) is 0 Å². The first-order valence-corrected chi connectivity index (χ1v) is 8.68. The second-order valence-electron chi connectivity index (χ2n) is 6.00. The minimum Gasteiger partial charge on any atom is -0.321 e. The highest BCUT2D eigenvalue weighted by Gasteiger charge is 2.13. The summed E-state index contributed by atoms with van der Waals surface area (Å²) in [6.45, 7) is 0. The minimum atomic E-state index is -0.660. The maximum Gasteiger partial charge on any atom is 0.276 e. The number of para-hydroxylation sites is 1. The van der Waals surface area contributed by atoms with Crippen LogP contribution in [0, 0.1) is 15.9 Å². The molecule has 0 aliphatic carbocycles. The Kier molecular flexibility index (Phi) is 6.23. The van der Waals surface area contributed by atoms with Gasteiger partial charge in [0, 0.05) is 18.3 Å². The molecule has 0 aliphatic heterocycles. The summed E-state index contributed by atoms with van der Waals surface area (Å²) < 4.78 is 13.7. The predicted molar refractivity (Wildman–Crippen MR) is 109 cm³/mol. The van der Waals surface area contributed by atoms with Crippen molar-refractivity contribution < 1.29 is 18.9 Å². The molecule has 0 unspecified atom stereocenters. The number of amides is 2. The molecule has 0 saturated heterocycles. The Morgan fingerprint density at radius 1 is 1.00 bits per heavy atom. The first-order valence-electron chi connectivity index (χ1n) is 8.68. The highest BCUT2D eigenvalue weighted by atomic mass is 19.1. The number of pyridine rings is 1. The van der Waals surface area contributed by atoms with Crippen molar-refractivity contribution in [1.82, 2.24) is 4.98 Å². The quantitative estimate of drug-likeness (QED) is 0.364. The summed E-state index contributed by atoms with van der Waals surface area (Å²) in [5.41, 5.74) is 0.419. The van der Waals surface area contributed by atoms with Gasteiger partial charge in [0.25, 0.3) is 11.6 Å². The molecule has 0 radical (unpaired) electrons. The Balaban J connectivity index is 1.78. The predicted octanol–water partition coefficient (Wildman–Crippen LogP) is 4.03. The van der Waals surface area contributed by atoms with Gasteiger partial charge in [0.05, 0.1) is 21.9 Å². The van der Waals surface area contributed by atoms with Gasteiger partial charge in [0.2, 0.25) is 5.91 Å². The van der Waals surface area contributed by atoms with Crippen LogP contribution in [-0.2, 0) is 4.79 Å². The third-order valence-corrected chi connectivity index (χ3v) is 3.93. The topological polar surface area (TPSA) is 114 Å². The monoisotopic (exact) mass is 406 g/mol. The van der Waals surface area contributed by atoms with E-state index in [1.165, 1.54) is 42.6 Å². The van der Waals surface area contributed by atoms with Gasteiger partial charge in [0.1, 0.15) is 11.5 Å². The van der Waals surface area contributed by atoms with Crippen LogP contribution >= 0.6 is 0 Å². The van der Waals surface area contributed by atoms with E-state index in [-0.39, 0.29) is 28.3 Å². The van der Waals surface area contributed by atoms with Crippen LogP contribution in [0.15, 0.2) is 72.9 Å². The van der Waals surface area contributed by atoms with Crippen molar-refractivity contribution in [2.75, 3.05) is 10.6 Å². The van der Waals surface area contributed by atoms with Crippen molar-refractivity contribution in [2.24, 2.45) is 0 Å². The zero-order valence-corrected chi connectivity index (χ0v) is 15.4. The molecule has 8 nitrogen and oxygen atoms in total. The van der Waals surface area contributed by atoms with Crippen LogP contribution in [0.1, 0.15) is 16.1 Å². The van der Waals surface area contributed by atoms with Crippen LogP contribution in [0.3, 0.4) is 0 Å². The summed E-state index contributed by atoms with van der Waals surface area (Å²) in [6.07, 6.45) is 3.81. The molecule has 3 rings (SSSR count). The van der Waals surface area contributed by atoms with Crippen molar-refractivity contribution >= 4 is 35.0 Å². The molecule has 2 aromatic carbocycles. The molecule has 2 amide bonds. The molecule has 0 spiro atoms. The van der Waals surface area contributed by atoms with Gasteiger partial charge in [0.15, 0.2) is 0 Å². The number of nitrogens with one attached hydrogen (secondary N) is 2. The summed E-state index contributed by atoms with van der Waals surface area (Å²) in [7, 11) is 0. The summed E-state index contributed by atoms with van der Waals surface area (Å²) in [6, 6.07) is 14.2. The molecule has 0 fully saturated rings. The van der Waals surface area contributed by atoms with E-state index in [9.17, 15) is 24.1 Å². The fraction of sp³-hybridized carbons (Fsp3) is 0. The Hall–Kier alpha value is -4.40. The number of hydrogen-bond donors (Lipinski definition) is 2. The number of benzene rings is 2. The molecule has 0 aliphatic rings. The van der Waals surface area contributed by atoms with Gasteiger partial charge in [-0.1, -0.05) is 18.2 Å². The molecule has 1 aromatic heterocycles. The van der Waals surface area contributed by atoms with Crippen molar-refractivity contribution in [1.29, 1.82) is 0 Å². The maximum atomic E-state index is 13.7. The van der Waals surface area contributed by atoms with Crippen LogP contribution in [0.5, 0.6) is 0 Å². The Bertz CT molecular complexity index is 1130. The van der Waals surface area contributed by atoms with E-state index in [0.29, 0.717) is 0 Å². The minimum absolute atomic E-state index is 0.0245. The number of nitro groups is 1. The number of halogens is 1. The normalized spacial score (nSPS) is 10.6. The smallest absolute Gasteiger partial charge is 0.276 e. The molecule has 2 N–H and O–H groups in total. The molecule has 0 saturated carbocycles. The first kappa shape index (κ1) is 20.3. The van der Waals surface area contributed by atoms with E-state index in [1.54, 1.807) is 18.2 Å². The van der Waals surface area contributed by atoms with Gasteiger partial charge in [-0.2, -0.15) is 0 Å². The van der Waals surface area contributed by atoms with Crippen LogP contribution in [0.4, 0.5) is 21.5 Å². The van der Waals surface area contributed by atoms with E-state index in [1.807, 2.05) is 0 Å². The largest absolute Gasteiger partial charge is 0.321 e. The number of anilines is 2. The second kappa shape index (κ2) is 9.20. The molecule has 9 heteroatoms. The van der Waals surface area contributed by atoms with E-state index in [0.717, 1.165) is 18.2 Å². The van der Waals surface area contributed by atoms with E-state index in [4.69, 9.17) is 0 Å². The van der Waals surface area contributed by atoms with Gasteiger partial charge >= 0.3 is 0 Å². The maximum absolute atomic E-state index is 13.7. The number of carbonyl (C=O) groups is 2. The van der Waals surface area contributed by atoms with E-state index < -0.39 is 22.6 Å². The average molecular weight is 406 g/mol. The summed E-state index contributed by atoms with van der Waals surface area (Å²) in [5, 5.41) is 16.1. The van der Waals surface area contributed by atoms with Crippen LogP contribution in [0.25, 0.3) is 6.08 Å². The Morgan fingerprint density at radius 3 is 2.50 bits per heavy atom. The lowest BCUT2D eigenvalue weighted by Gasteiger charge is -2.11. The Morgan fingerprint density at radius 2 is 1.77 bits per heavy atom. The van der Waals surface area contributed by atoms with Gasteiger partial charge in [-0.3, -0.25) is 24.7 Å². The number of carbonyl (C=O) groups excluding carboxylic acids is 2. The molecule has 30 heavy (non-hydrogen) atoms. The number of hydrogen-bond acceptors (Lipinski definition) is 5. The number of rotatable bonds is 6. The van der Waals surface area contributed by atoms with Gasteiger partial charge in [-0.25, -0.2) is 4.39 Å². The third kappa shape index (κ3) is 5.10. The van der Waals surface area contributed by atoms with Crippen molar-refractivity contribution in [3.63, 3.8) is 0 Å². The number of nitro benzene ring substituents is 1. The van der Waals surface area contributed by atoms with Gasteiger partial charge < -0.3 is 10.6 Å². The summed E-state index contributed by atoms with van der Waals surface area (Å²) in [5.74, 6) is -1.82. The third-order valence-electron chi connectivity index (χ3n) is 3.93. The van der Waals surface area contributed by atoms with Gasteiger partial charge in [-0.05, 0) is 42.5 Å². The number of aromatic nitrogens is 1. The van der Waals surface area contributed by atoms with Gasteiger partial charge in [-0.15, -0.1) is 0 Å². The number of nitrogens with zero attached hydrogens (tertiary/aromatic N) is 2.